The average molecular weight is 471 g/mol. The number of benzene rings is 1. The maximum Gasteiger partial charge on any atom is 0.410 e. The summed E-state index contributed by atoms with van der Waals surface area (Å²) in [6.45, 7) is 5.66. The molecule has 1 unspecified atom stereocenters. The van der Waals surface area contributed by atoms with Gasteiger partial charge in [-0.15, -0.1) is 0 Å². The van der Waals surface area contributed by atoms with Gasteiger partial charge in [0.15, 0.2) is 0 Å². The molecule has 1 amide bonds. The largest absolute Gasteiger partial charge is 0.464 e. The predicted octanol–water partition coefficient (Wildman–Crippen LogP) is 7.91. The second kappa shape index (κ2) is 13.2. The monoisotopic (exact) mass is 470 g/mol. The molecule has 0 N–H and O–H groups in total. The first-order valence-electron chi connectivity index (χ1n) is 12.8. The molecule has 7 nitrogen and oxygen atoms in total. The van der Waals surface area contributed by atoms with E-state index in [2.05, 4.69) is 13.8 Å². The van der Waals surface area contributed by atoms with Crippen LogP contribution in [0.5, 0.6) is 0 Å². The molecule has 34 heavy (non-hydrogen) atoms. The van der Waals surface area contributed by atoms with E-state index in [1.165, 1.54) is 6.07 Å². The minimum Gasteiger partial charge on any atom is -0.464 e. The van der Waals surface area contributed by atoms with Gasteiger partial charge < -0.3 is 14.1 Å². The Morgan fingerprint density at radius 2 is 1.76 bits per heavy atom. The fraction of sp³-hybridized carbons (Fsp3) is 0.593. The molecule has 0 bridgehead atoms. The molecule has 0 saturated heterocycles. The lowest BCUT2D eigenvalue weighted by Gasteiger charge is -2.26. The molecular weight excluding hydrogens is 432 g/mol. The van der Waals surface area contributed by atoms with Gasteiger partial charge in [-0.1, -0.05) is 52.4 Å². The van der Waals surface area contributed by atoms with Crippen LogP contribution in [0, 0.1) is 16.0 Å². The van der Waals surface area contributed by atoms with Crippen molar-refractivity contribution >= 4 is 11.8 Å². The van der Waals surface area contributed by atoms with Crippen molar-refractivity contribution in [1.29, 1.82) is 0 Å². The first kappa shape index (κ1) is 25.8. The standard InChI is InChI=1S/C27H38N2O5/c1-3-5-7-9-17-28(18-10-8-6-4-2)27(30)34-26(21-13-14-21)23-20-22(25-12-11-19-33-25)15-16-24(23)29(31)32/h11-12,15-16,19-21,26H,3-10,13-14,17-18H2,1-2H3. The number of carbonyl (C=O) groups is 1. The number of rotatable bonds is 15. The molecule has 1 fully saturated rings. The molecule has 1 aromatic heterocycles. The van der Waals surface area contributed by atoms with Gasteiger partial charge in [0, 0.05) is 30.6 Å². The Balaban J connectivity index is 1.79. The summed E-state index contributed by atoms with van der Waals surface area (Å²) in [5.41, 5.74) is 1.17. The maximum atomic E-state index is 13.3. The molecule has 0 spiro atoms. The van der Waals surface area contributed by atoms with E-state index in [0.29, 0.717) is 24.4 Å². The highest BCUT2D eigenvalue weighted by molar-refractivity contribution is 5.69. The lowest BCUT2D eigenvalue weighted by atomic mass is 9.99. The van der Waals surface area contributed by atoms with Crippen LogP contribution in [0.1, 0.15) is 89.7 Å². The average Bonchev–Trinajstić information content (AvgIpc) is 3.53. The highest BCUT2D eigenvalue weighted by atomic mass is 16.6. The van der Waals surface area contributed by atoms with Gasteiger partial charge in [-0.05, 0) is 49.9 Å². The molecule has 1 aliphatic carbocycles. The van der Waals surface area contributed by atoms with Crippen molar-refractivity contribution in [3.8, 4) is 11.3 Å². The third-order valence-electron chi connectivity index (χ3n) is 6.44. The molecule has 7 heteroatoms. The number of carbonyl (C=O) groups excluding carboxylic acids is 1. The molecule has 1 heterocycles. The number of furan rings is 1. The zero-order chi connectivity index (χ0) is 24.3. The summed E-state index contributed by atoms with van der Waals surface area (Å²) in [4.78, 5) is 26.5. The number of nitro benzene ring substituents is 1. The fourth-order valence-corrected chi connectivity index (χ4v) is 4.29. The molecule has 0 aliphatic heterocycles. The Morgan fingerprint density at radius 3 is 2.29 bits per heavy atom. The van der Waals surface area contributed by atoms with E-state index < -0.39 is 11.0 Å². The van der Waals surface area contributed by atoms with Crippen LogP contribution in [-0.2, 0) is 4.74 Å². The summed E-state index contributed by atoms with van der Waals surface area (Å²) >= 11 is 0. The summed E-state index contributed by atoms with van der Waals surface area (Å²) < 4.78 is 11.5. The van der Waals surface area contributed by atoms with Crippen molar-refractivity contribution in [3.63, 3.8) is 0 Å². The van der Waals surface area contributed by atoms with E-state index in [4.69, 9.17) is 9.15 Å². The molecule has 0 radical (unpaired) electrons. The summed E-state index contributed by atoms with van der Waals surface area (Å²) in [5.74, 6) is 0.738. The maximum absolute atomic E-state index is 13.3. The normalized spacial score (nSPS) is 14.1. The van der Waals surface area contributed by atoms with Crippen molar-refractivity contribution in [3.05, 3.63) is 52.3 Å². The van der Waals surface area contributed by atoms with Crippen LogP contribution in [-0.4, -0.2) is 29.0 Å². The smallest absolute Gasteiger partial charge is 0.410 e. The van der Waals surface area contributed by atoms with E-state index in [1.807, 2.05) is 11.0 Å². The summed E-state index contributed by atoms with van der Waals surface area (Å²) in [6.07, 6.45) is 11.0. The van der Waals surface area contributed by atoms with E-state index in [9.17, 15) is 14.9 Å². The SMILES string of the molecule is CCCCCCN(CCCCCC)C(=O)OC(c1cc(-c2ccco2)ccc1[N+](=O)[O-])C1CC1. The van der Waals surface area contributed by atoms with Gasteiger partial charge in [-0.25, -0.2) is 4.79 Å². The second-order valence-corrected chi connectivity index (χ2v) is 9.26. The molecule has 2 aromatic rings. The van der Waals surface area contributed by atoms with Crippen LogP contribution in [0.25, 0.3) is 11.3 Å². The number of hydrogen-bond donors (Lipinski definition) is 0. The highest BCUT2D eigenvalue weighted by Gasteiger charge is 2.40. The summed E-state index contributed by atoms with van der Waals surface area (Å²) in [7, 11) is 0. The minimum absolute atomic E-state index is 0.0163. The summed E-state index contributed by atoms with van der Waals surface area (Å²) in [5, 5.41) is 11.8. The number of nitrogens with zero attached hydrogens (tertiary/aromatic N) is 2. The number of unbranched alkanes of at least 4 members (excludes halogenated alkanes) is 6. The molecule has 3 rings (SSSR count). The van der Waals surface area contributed by atoms with Gasteiger partial charge in [0.25, 0.3) is 5.69 Å². The van der Waals surface area contributed by atoms with Crippen molar-refractivity contribution in [2.45, 2.75) is 84.2 Å². The Kier molecular flexibility index (Phi) is 9.98. The molecule has 1 atom stereocenters. The van der Waals surface area contributed by atoms with Gasteiger partial charge in [0.1, 0.15) is 11.9 Å². The minimum atomic E-state index is -0.628. The number of nitro groups is 1. The van der Waals surface area contributed by atoms with Crippen LogP contribution < -0.4 is 0 Å². The Hall–Kier alpha value is -2.83. The second-order valence-electron chi connectivity index (χ2n) is 9.26. The number of hydrogen-bond acceptors (Lipinski definition) is 5. The van der Waals surface area contributed by atoms with Gasteiger partial charge in [-0.3, -0.25) is 10.1 Å². The quantitative estimate of drug-likeness (QED) is 0.150. The zero-order valence-corrected chi connectivity index (χ0v) is 20.5. The van der Waals surface area contributed by atoms with E-state index >= 15 is 0 Å². The van der Waals surface area contributed by atoms with Gasteiger partial charge in [0.05, 0.1) is 16.7 Å². The predicted molar refractivity (Wildman–Crippen MR) is 133 cm³/mol. The molecule has 1 aromatic carbocycles. The van der Waals surface area contributed by atoms with Crippen LogP contribution in [0.15, 0.2) is 41.0 Å². The van der Waals surface area contributed by atoms with Gasteiger partial charge in [0.2, 0.25) is 0 Å². The number of amides is 1. The van der Waals surface area contributed by atoms with Crippen molar-refractivity contribution in [2.75, 3.05) is 13.1 Å². The lowest BCUT2D eigenvalue weighted by Crippen LogP contribution is -2.34. The Morgan fingerprint density at radius 1 is 1.09 bits per heavy atom. The third kappa shape index (κ3) is 7.34. The highest BCUT2D eigenvalue weighted by Crippen LogP contribution is 2.47. The van der Waals surface area contributed by atoms with E-state index in [1.54, 1.807) is 24.5 Å². The van der Waals surface area contributed by atoms with Crippen LogP contribution in [0.4, 0.5) is 10.5 Å². The van der Waals surface area contributed by atoms with Crippen LogP contribution in [0.2, 0.25) is 0 Å². The lowest BCUT2D eigenvalue weighted by molar-refractivity contribution is -0.386. The van der Waals surface area contributed by atoms with Gasteiger partial charge >= 0.3 is 6.09 Å². The molecule has 1 saturated carbocycles. The van der Waals surface area contributed by atoms with Crippen LogP contribution in [0.3, 0.4) is 0 Å². The third-order valence-corrected chi connectivity index (χ3v) is 6.44. The Bertz CT molecular complexity index is 896. The topological polar surface area (TPSA) is 85.8 Å². The van der Waals surface area contributed by atoms with Crippen molar-refractivity contribution in [2.24, 2.45) is 5.92 Å². The molecule has 1 aliphatic rings. The fourth-order valence-electron chi connectivity index (χ4n) is 4.29. The van der Waals surface area contributed by atoms with Gasteiger partial charge in [-0.2, -0.15) is 0 Å². The Labute approximate surface area is 202 Å². The van der Waals surface area contributed by atoms with E-state index in [0.717, 1.165) is 69.8 Å². The van der Waals surface area contributed by atoms with Crippen molar-refractivity contribution in [1.82, 2.24) is 4.90 Å². The van der Waals surface area contributed by atoms with E-state index in [-0.39, 0.29) is 17.7 Å². The van der Waals surface area contributed by atoms with Crippen molar-refractivity contribution < 1.29 is 18.9 Å². The summed E-state index contributed by atoms with van der Waals surface area (Å²) in [6, 6.07) is 8.52. The zero-order valence-electron chi connectivity index (χ0n) is 20.5. The first-order chi connectivity index (χ1) is 16.5. The first-order valence-corrected chi connectivity index (χ1v) is 12.8. The molecule has 186 valence electrons. The molecular formula is C27H38N2O5. The number of ether oxygens (including phenoxy) is 1. The van der Waals surface area contributed by atoms with Crippen LogP contribution >= 0.6 is 0 Å².